The van der Waals surface area contributed by atoms with Crippen molar-refractivity contribution in [1.82, 2.24) is 5.32 Å². The summed E-state index contributed by atoms with van der Waals surface area (Å²) in [6.45, 7) is 5.78. The molecule has 0 saturated heterocycles. The molecule has 0 aliphatic carbocycles. The van der Waals surface area contributed by atoms with Gasteiger partial charge in [-0.2, -0.15) is 0 Å². The molecule has 2 aromatic rings. The van der Waals surface area contributed by atoms with Gasteiger partial charge in [0.2, 0.25) is 0 Å². The number of hydrogen-bond acceptors (Lipinski definition) is 3. The van der Waals surface area contributed by atoms with Gasteiger partial charge in [-0.05, 0) is 37.1 Å². The first kappa shape index (κ1) is 14.8. The molecule has 0 amide bonds. The van der Waals surface area contributed by atoms with E-state index in [9.17, 15) is 0 Å². The summed E-state index contributed by atoms with van der Waals surface area (Å²) in [5.41, 5.74) is 2.40. The zero-order valence-electron chi connectivity index (χ0n) is 12.2. The van der Waals surface area contributed by atoms with Gasteiger partial charge in [0.15, 0.2) is 0 Å². The monoisotopic (exact) mass is 273 g/mol. The maximum absolute atomic E-state index is 6.00. The number of likely N-dealkylation sites (N-methyl/N-ethyl adjacent to an activating group) is 1. The molecule has 1 aromatic carbocycles. The van der Waals surface area contributed by atoms with Crippen LogP contribution in [0.4, 0.5) is 0 Å². The quantitative estimate of drug-likeness (QED) is 0.798. The molecule has 0 aliphatic rings. The molecule has 1 aromatic heterocycles. The van der Waals surface area contributed by atoms with Gasteiger partial charge in [-0.15, -0.1) is 0 Å². The normalized spacial score (nSPS) is 14.1. The van der Waals surface area contributed by atoms with E-state index in [4.69, 9.17) is 9.15 Å². The minimum absolute atomic E-state index is 0.0519. The molecule has 0 spiro atoms. The standard InChI is InChI=1S/C17H23NO2/c1-3-18-16(12-14-10-11-19-13-14)17(20-4-2)15-8-6-5-7-9-15/h5-11,13,16-18H,3-4,12H2,1-2H3. The van der Waals surface area contributed by atoms with Gasteiger partial charge < -0.3 is 14.5 Å². The molecule has 108 valence electrons. The number of rotatable bonds is 8. The number of furan rings is 1. The highest BCUT2D eigenvalue weighted by atomic mass is 16.5. The predicted molar refractivity (Wildman–Crippen MR) is 80.7 cm³/mol. The van der Waals surface area contributed by atoms with Crippen LogP contribution in [-0.4, -0.2) is 19.2 Å². The second-order valence-corrected chi connectivity index (χ2v) is 4.79. The molecule has 0 bridgehead atoms. The number of hydrogen-bond donors (Lipinski definition) is 1. The average molecular weight is 273 g/mol. The minimum Gasteiger partial charge on any atom is -0.472 e. The highest BCUT2D eigenvalue weighted by Crippen LogP contribution is 2.24. The van der Waals surface area contributed by atoms with Crippen molar-refractivity contribution < 1.29 is 9.15 Å². The van der Waals surface area contributed by atoms with Crippen molar-refractivity contribution in [1.29, 1.82) is 0 Å². The molecule has 0 aliphatic heterocycles. The first-order valence-electron chi connectivity index (χ1n) is 7.26. The van der Waals surface area contributed by atoms with E-state index in [2.05, 4.69) is 36.5 Å². The Morgan fingerprint density at radius 2 is 1.95 bits per heavy atom. The summed E-state index contributed by atoms with van der Waals surface area (Å²) >= 11 is 0. The first-order chi connectivity index (χ1) is 9.85. The summed E-state index contributed by atoms with van der Waals surface area (Å²) in [5, 5.41) is 3.54. The van der Waals surface area contributed by atoms with Gasteiger partial charge in [-0.25, -0.2) is 0 Å². The highest BCUT2D eigenvalue weighted by molar-refractivity contribution is 5.21. The SMILES string of the molecule is CCNC(Cc1ccoc1)C(OCC)c1ccccc1. The van der Waals surface area contributed by atoms with E-state index in [1.807, 2.05) is 19.1 Å². The Bertz CT molecular complexity index is 467. The third-order valence-electron chi connectivity index (χ3n) is 3.34. The lowest BCUT2D eigenvalue weighted by Gasteiger charge is -2.28. The largest absolute Gasteiger partial charge is 0.472 e. The third kappa shape index (κ3) is 3.95. The number of ether oxygens (including phenoxy) is 1. The smallest absolute Gasteiger partial charge is 0.0980 e. The maximum Gasteiger partial charge on any atom is 0.0980 e. The molecule has 20 heavy (non-hydrogen) atoms. The Balaban J connectivity index is 2.18. The number of benzene rings is 1. The van der Waals surface area contributed by atoms with Crippen LogP contribution in [0, 0.1) is 0 Å². The lowest BCUT2D eigenvalue weighted by molar-refractivity contribution is 0.0336. The van der Waals surface area contributed by atoms with Crippen LogP contribution >= 0.6 is 0 Å². The van der Waals surface area contributed by atoms with E-state index in [1.165, 1.54) is 11.1 Å². The van der Waals surface area contributed by atoms with E-state index >= 15 is 0 Å². The van der Waals surface area contributed by atoms with Crippen molar-refractivity contribution in [2.24, 2.45) is 0 Å². The van der Waals surface area contributed by atoms with Crippen molar-refractivity contribution in [2.75, 3.05) is 13.2 Å². The molecule has 2 unspecified atom stereocenters. The minimum atomic E-state index is 0.0519. The van der Waals surface area contributed by atoms with Crippen molar-refractivity contribution in [3.05, 3.63) is 60.1 Å². The molecule has 0 radical (unpaired) electrons. The van der Waals surface area contributed by atoms with Crippen molar-refractivity contribution in [2.45, 2.75) is 32.4 Å². The van der Waals surface area contributed by atoms with Gasteiger partial charge in [0.05, 0.1) is 18.6 Å². The second kappa shape index (κ2) is 7.88. The molecule has 3 nitrogen and oxygen atoms in total. The maximum atomic E-state index is 6.00. The Kier molecular flexibility index (Phi) is 5.84. The van der Waals surface area contributed by atoms with Crippen molar-refractivity contribution in [3.8, 4) is 0 Å². The number of nitrogens with one attached hydrogen (secondary N) is 1. The van der Waals surface area contributed by atoms with E-state index in [0.717, 1.165) is 13.0 Å². The topological polar surface area (TPSA) is 34.4 Å². The summed E-state index contributed by atoms with van der Waals surface area (Å²) in [4.78, 5) is 0. The van der Waals surface area contributed by atoms with Gasteiger partial charge in [0, 0.05) is 12.6 Å². The molecule has 1 heterocycles. The van der Waals surface area contributed by atoms with Crippen LogP contribution in [0.5, 0.6) is 0 Å². The van der Waals surface area contributed by atoms with E-state index in [0.29, 0.717) is 6.61 Å². The Morgan fingerprint density at radius 1 is 1.15 bits per heavy atom. The molecule has 0 saturated carbocycles. The fourth-order valence-electron chi connectivity index (χ4n) is 2.48. The molecule has 0 fully saturated rings. The second-order valence-electron chi connectivity index (χ2n) is 4.79. The Morgan fingerprint density at radius 3 is 2.55 bits per heavy atom. The first-order valence-corrected chi connectivity index (χ1v) is 7.26. The molecule has 2 atom stereocenters. The molecular formula is C17H23NO2. The lowest BCUT2D eigenvalue weighted by Crippen LogP contribution is -2.38. The fourth-order valence-corrected chi connectivity index (χ4v) is 2.48. The Hall–Kier alpha value is -1.58. The van der Waals surface area contributed by atoms with Crippen LogP contribution in [0.1, 0.15) is 31.1 Å². The van der Waals surface area contributed by atoms with Crippen LogP contribution in [-0.2, 0) is 11.2 Å². The van der Waals surface area contributed by atoms with Gasteiger partial charge in [-0.3, -0.25) is 0 Å². The van der Waals surface area contributed by atoms with E-state index < -0.39 is 0 Å². The summed E-state index contributed by atoms with van der Waals surface area (Å²) in [7, 11) is 0. The van der Waals surface area contributed by atoms with Gasteiger partial charge in [0.1, 0.15) is 0 Å². The van der Waals surface area contributed by atoms with Gasteiger partial charge in [-0.1, -0.05) is 37.3 Å². The van der Waals surface area contributed by atoms with Crippen LogP contribution < -0.4 is 5.32 Å². The molecule has 3 heteroatoms. The lowest BCUT2D eigenvalue weighted by atomic mass is 9.97. The molecular weight excluding hydrogens is 250 g/mol. The average Bonchev–Trinajstić information content (AvgIpc) is 2.98. The van der Waals surface area contributed by atoms with E-state index in [1.54, 1.807) is 12.5 Å². The zero-order chi connectivity index (χ0) is 14.2. The van der Waals surface area contributed by atoms with Gasteiger partial charge in [0.25, 0.3) is 0 Å². The fraction of sp³-hybridized carbons (Fsp3) is 0.412. The van der Waals surface area contributed by atoms with Crippen LogP contribution in [0.25, 0.3) is 0 Å². The predicted octanol–water partition coefficient (Wildman–Crippen LogP) is 3.58. The Labute approximate surface area is 121 Å². The molecule has 1 N–H and O–H groups in total. The highest BCUT2D eigenvalue weighted by Gasteiger charge is 2.23. The zero-order valence-corrected chi connectivity index (χ0v) is 12.2. The van der Waals surface area contributed by atoms with Crippen LogP contribution in [0.2, 0.25) is 0 Å². The molecule has 2 rings (SSSR count). The van der Waals surface area contributed by atoms with Crippen LogP contribution in [0.3, 0.4) is 0 Å². The van der Waals surface area contributed by atoms with Crippen molar-refractivity contribution >= 4 is 0 Å². The van der Waals surface area contributed by atoms with E-state index in [-0.39, 0.29) is 12.1 Å². The third-order valence-corrected chi connectivity index (χ3v) is 3.34. The van der Waals surface area contributed by atoms with Crippen LogP contribution in [0.15, 0.2) is 53.3 Å². The summed E-state index contributed by atoms with van der Waals surface area (Å²) in [6.07, 6.45) is 4.47. The summed E-state index contributed by atoms with van der Waals surface area (Å²) in [6, 6.07) is 12.6. The van der Waals surface area contributed by atoms with Crippen molar-refractivity contribution in [3.63, 3.8) is 0 Å². The summed E-state index contributed by atoms with van der Waals surface area (Å²) in [5.74, 6) is 0. The summed E-state index contributed by atoms with van der Waals surface area (Å²) < 4.78 is 11.2. The van der Waals surface area contributed by atoms with Gasteiger partial charge >= 0.3 is 0 Å².